The Kier molecular flexibility index (Phi) is 6.53. The van der Waals surface area contributed by atoms with E-state index in [1.54, 1.807) is 0 Å². The number of rotatable bonds is 0. The third-order valence-electron chi connectivity index (χ3n) is 3.44. The molecule has 0 amide bonds. The summed E-state index contributed by atoms with van der Waals surface area (Å²) in [5, 5.41) is 4.95. The first-order chi connectivity index (χ1) is 10.7. The Bertz CT molecular complexity index is 842. The maximum Gasteiger partial charge on any atom is 2.00 e. The van der Waals surface area contributed by atoms with Crippen molar-refractivity contribution in [2.45, 2.75) is 9.79 Å². The predicted molar refractivity (Wildman–Crippen MR) is 99.2 cm³/mol. The van der Waals surface area contributed by atoms with E-state index in [9.17, 15) is 0 Å². The summed E-state index contributed by atoms with van der Waals surface area (Å²) in [7, 11) is 0. The molecule has 4 aromatic rings. The van der Waals surface area contributed by atoms with Crippen molar-refractivity contribution in [2.75, 3.05) is 0 Å². The van der Waals surface area contributed by atoms with E-state index < -0.39 is 0 Å². The van der Waals surface area contributed by atoms with E-state index in [4.69, 9.17) is 25.3 Å². The molecule has 0 nitrogen and oxygen atoms in total. The van der Waals surface area contributed by atoms with Crippen molar-refractivity contribution in [1.82, 2.24) is 0 Å². The third kappa shape index (κ3) is 4.75. The second kappa shape index (κ2) is 8.40. The van der Waals surface area contributed by atoms with Crippen LogP contribution in [0, 0.1) is 0 Å². The minimum atomic E-state index is 0. The van der Waals surface area contributed by atoms with Crippen molar-refractivity contribution in [1.29, 1.82) is 0 Å². The van der Waals surface area contributed by atoms with Gasteiger partial charge >= 0.3 is 21.1 Å². The van der Waals surface area contributed by atoms with Gasteiger partial charge < -0.3 is 25.3 Å². The van der Waals surface area contributed by atoms with Gasteiger partial charge in [-0.1, -0.05) is 84.9 Å². The van der Waals surface area contributed by atoms with Gasteiger partial charge in [-0.05, 0) is 21.5 Å². The average Bonchev–Trinajstić information content (AvgIpc) is 2.55. The molecule has 0 fully saturated rings. The van der Waals surface area contributed by atoms with Gasteiger partial charge in [-0.15, -0.1) is 0 Å². The quantitative estimate of drug-likeness (QED) is 0.285. The second-order valence-electron chi connectivity index (χ2n) is 5.02. The number of hydrogen-bond acceptors (Lipinski definition) is 2. The van der Waals surface area contributed by atoms with E-state index in [1.807, 2.05) is 48.5 Å². The van der Waals surface area contributed by atoms with E-state index in [0.29, 0.717) is 0 Å². The first kappa shape index (κ1) is 17.9. The first-order valence-electron chi connectivity index (χ1n) is 7.04. The molecule has 0 radical (unpaired) electrons. The van der Waals surface area contributed by atoms with Crippen LogP contribution < -0.4 is 0 Å². The predicted octanol–water partition coefficient (Wildman–Crippen LogP) is 5.49. The second-order valence-corrected chi connectivity index (χ2v) is 5.96. The minimum absolute atomic E-state index is 0. The molecule has 116 valence electrons. The van der Waals surface area contributed by atoms with Crippen molar-refractivity contribution in [3.05, 3.63) is 84.9 Å². The monoisotopic (exact) mass is 513 g/mol. The van der Waals surface area contributed by atoms with Crippen molar-refractivity contribution in [2.24, 2.45) is 0 Å². The average molecular weight is 514 g/mol. The summed E-state index contributed by atoms with van der Waals surface area (Å²) in [6.45, 7) is 0. The molecule has 23 heavy (non-hydrogen) atoms. The van der Waals surface area contributed by atoms with Gasteiger partial charge in [-0.3, -0.25) is 0 Å². The van der Waals surface area contributed by atoms with Crippen molar-refractivity contribution in [3.63, 3.8) is 0 Å². The van der Waals surface area contributed by atoms with E-state index in [0.717, 1.165) is 9.79 Å². The van der Waals surface area contributed by atoms with Crippen LogP contribution in [-0.2, 0) is 46.3 Å². The molecular weight excluding hydrogens is 499 g/mol. The molecule has 4 rings (SSSR count). The standard InChI is InChI=1S/2C10H8S.Pt/c2*11-10-6-5-8-3-1-2-4-9(8)7-10;/h2*1-7,11H;/q;;+2/p-2. The molecule has 4 aromatic carbocycles. The molecule has 0 unspecified atom stereocenters. The van der Waals surface area contributed by atoms with Crippen LogP contribution in [0.1, 0.15) is 0 Å². The Hall–Kier alpha value is -1.47. The molecule has 0 aliphatic heterocycles. The third-order valence-corrected chi connectivity index (χ3v) is 3.95. The molecule has 0 aliphatic carbocycles. The summed E-state index contributed by atoms with van der Waals surface area (Å²) in [4.78, 5) is 1.81. The normalized spacial score (nSPS) is 9.74. The first-order valence-corrected chi connectivity index (χ1v) is 7.86. The Morgan fingerprint density at radius 2 is 0.783 bits per heavy atom. The Balaban J connectivity index is 0.000000160. The molecule has 0 aromatic heterocycles. The van der Waals surface area contributed by atoms with Crippen LogP contribution in [-0.4, -0.2) is 0 Å². The molecule has 3 heteroatoms. The topological polar surface area (TPSA) is 0 Å². The molecule has 0 N–H and O–H groups in total. The summed E-state index contributed by atoms with van der Waals surface area (Å²) >= 11 is 10.1. The zero-order valence-corrected chi connectivity index (χ0v) is 16.1. The van der Waals surface area contributed by atoms with Crippen LogP contribution in [0.3, 0.4) is 0 Å². The van der Waals surface area contributed by atoms with Gasteiger partial charge in [0.05, 0.1) is 0 Å². The largest absolute Gasteiger partial charge is 2.00 e. The van der Waals surface area contributed by atoms with Crippen molar-refractivity contribution < 1.29 is 21.1 Å². The number of hydrogen-bond donors (Lipinski definition) is 0. The molecule has 0 bridgehead atoms. The Morgan fingerprint density at radius 1 is 0.435 bits per heavy atom. The van der Waals surface area contributed by atoms with E-state index >= 15 is 0 Å². The molecule has 0 saturated heterocycles. The fraction of sp³-hybridized carbons (Fsp3) is 0. The summed E-state index contributed by atoms with van der Waals surface area (Å²) in [5.41, 5.74) is 0. The van der Waals surface area contributed by atoms with E-state index in [1.165, 1.54) is 21.5 Å². The molecule has 0 heterocycles. The maximum atomic E-state index is 5.04. The summed E-state index contributed by atoms with van der Waals surface area (Å²) in [5.74, 6) is 0. The zero-order valence-electron chi connectivity index (χ0n) is 12.2. The molecule has 0 saturated carbocycles. The van der Waals surface area contributed by atoms with Crippen LogP contribution in [0.2, 0.25) is 0 Å². The fourth-order valence-electron chi connectivity index (χ4n) is 2.33. The molecule has 0 atom stereocenters. The van der Waals surface area contributed by atoms with Gasteiger partial charge in [0.1, 0.15) is 0 Å². The fourth-order valence-corrected chi connectivity index (χ4v) is 2.72. The number of benzene rings is 4. The van der Waals surface area contributed by atoms with Gasteiger partial charge in [0.2, 0.25) is 0 Å². The Labute approximate surface area is 162 Å². The van der Waals surface area contributed by atoms with Crippen LogP contribution in [0.4, 0.5) is 0 Å². The van der Waals surface area contributed by atoms with Crippen LogP contribution >= 0.6 is 0 Å². The van der Waals surface area contributed by atoms with Gasteiger partial charge in [-0.2, -0.15) is 9.79 Å². The molecule has 0 aliphatic rings. The summed E-state index contributed by atoms with van der Waals surface area (Å²) in [6, 6.07) is 28.5. The summed E-state index contributed by atoms with van der Waals surface area (Å²) < 4.78 is 0. The number of fused-ring (bicyclic) bond motifs is 2. The van der Waals surface area contributed by atoms with Gasteiger partial charge in [-0.25, -0.2) is 0 Å². The zero-order chi connectivity index (χ0) is 15.4. The van der Waals surface area contributed by atoms with Gasteiger partial charge in [0, 0.05) is 0 Å². The van der Waals surface area contributed by atoms with Crippen LogP contribution in [0.15, 0.2) is 94.7 Å². The van der Waals surface area contributed by atoms with Crippen molar-refractivity contribution >= 4 is 46.8 Å². The van der Waals surface area contributed by atoms with Crippen LogP contribution in [0.25, 0.3) is 21.5 Å². The smallest absolute Gasteiger partial charge is 0.780 e. The molecule has 0 spiro atoms. The Morgan fingerprint density at radius 3 is 1.17 bits per heavy atom. The SMILES string of the molecule is [Pt+2].[S-]c1ccc2ccccc2c1.[S-]c1ccc2ccccc2c1. The summed E-state index contributed by atoms with van der Waals surface area (Å²) in [6.07, 6.45) is 0. The van der Waals surface area contributed by atoms with E-state index in [-0.39, 0.29) is 21.1 Å². The molecular formula is C20H14PtS2. The van der Waals surface area contributed by atoms with Gasteiger partial charge in [0.15, 0.2) is 0 Å². The minimum Gasteiger partial charge on any atom is -0.780 e. The van der Waals surface area contributed by atoms with Crippen molar-refractivity contribution in [3.8, 4) is 0 Å². The van der Waals surface area contributed by atoms with E-state index in [2.05, 4.69) is 36.4 Å². The van der Waals surface area contributed by atoms with Crippen LogP contribution in [0.5, 0.6) is 0 Å². The maximum absolute atomic E-state index is 5.04. The van der Waals surface area contributed by atoms with Gasteiger partial charge in [0.25, 0.3) is 0 Å².